The fraction of sp³-hybridized carbons (Fsp3) is 0.702. The van der Waals surface area contributed by atoms with Crippen molar-refractivity contribution in [3.8, 4) is 0 Å². The van der Waals surface area contributed by atoms with Crippen molar-refractivity contribution in [2.45, 2.75) is 245 Å². The van der Waals surface area contributed by atoms with E-state index < -0.39 is 6.10 Å². The number of hydrogen-bond donors (Lipinski definition) is 0. The lowest BCUT2D eigenvalue weighted by Gasteiger charge is -2.18. The van der Waals surface area contributed by atoms with Gasteiger partial charge in [-0.3, -0.25) is 14.4 Å². The number of rotatable bonds is 46. The van der Waals surface area contributed by atoms with E-state index in [1.165, 1.54) is 103 Å². The molecule has 0 fully saturated rings. The lowest BCUT2D eigenvalue weighted by molar-refractivity contribution is -0.167. The Bertz CT molecular complexity index is 1240. The number of carbonyl (C=O) groups is 3. The molecule has 0 amide bonds. The third kappa shape index (κ3) is 49.5. The predicted octanol–water partition coefficient (Wildman–Crippen LogP) is 17.2. The van der Waals surface area contributed by atoms with Gasteiger partial charge in [-0.25, -0.2) is 0 Å². The maximum Gasteiger partial charge on any atom is 0.306 e. The van der Waals surface area contributed by atoms with E-state index in [9.17, 15) is 14.4 Å². The summed E-state index contributed by atoms with van der Waals surface area (Å²) in [7, 11) is 0. The van der Waals surface area contributed by atoms with Crippen LogP contribution in [0.15, 0.2) is 85.1 Å². The van der Waals surface area contributed by atoms with E-state index >= 15 is 0 Å². The molecule has 0 aliphatic rings. The van der Waals surface area contributed by atoms with Crippen molar-refractivity contribution in [2.24, 2.45) is 0 Å². The normalized spacial score (nSPS) is 12.7. The molecule has 360 valence electrons. The zero-order valence-electron chi connectivity index (χ0n) is 41.1. The van der Waals surface area contributed by atoms with Crippen molar-refractivity contribution in [3.05, 3.63) is 85.1 Å². The summed E-state index contributed by atoms with van der Waals surface area (Å²) in [6.07, 6.45) is 65.7. The molecular weight excluding hydrogens is 781 g/mol. The van der Waals surface area contributed by atoms with Crippen LogP contribution in [0.5, 0.6) is 0 Å². The van der Waals surface area contributed by atoms with Gasteiger partial charge in [0.25, 0.3) is 0 Å². The van der Waals surface area contributed by atoms with Crippen LogP contribution in [0, 0.1) is 0 Å². The van der Waals surface area contributed by atoms with Crippen molar-refractivity contribution < 1.29 is 28.6 Å². The highest BCUT2D eigenvalue weighted by atomic mass is 16.6. The molecule has 0 saturated carbocycles. The predicted molar refractivity (Wildman–Crippen MR) is 270 cm³/mol. The summed E-state index contributed by atoms with van der Waals surface area (Å²) < 4.78 is 16.7. The third-order valence-corrected chi connectivity index (χ3v) is 10.9. The molecule has 63 heavy (non-hydrogen) atoms. The van der Waals surface area contributed by atoms with Gasteiger partial charge in [0, 0.05) is 19.3 Å². The highest BCUT2D eigenvalue weighted by Crippen LogP contribution is 2.15. The second kappa shape index (κ2) is 51.2. The molecule has 0 aromatic heterocycles. The molecule has 0 aliphatic heterocycles. The highest BCUT2D eigenvalue weighted by molar-refractivity contribution is 5.71. The van der Waals surface area contributed by atoms with E-state index in [0.29, 0.717) is 19.3 Å². The number of allylic oxidation sites excluding steroid dienone is 14. The van der Waals surface area contributed by atoms with E-state index in [0.717, 1.165) is 89.9 Å². The van der Waals surface area contributed by atoms with Gasteiger partial charge >= 0.3 is 17.9 Å². The summed E-state index contributed by atoms with van der Waals surface area (Å²) in [5.41, 5.74) is 0. The smallest absolute Gasteiger partial charge is 0.306 e. The Balaban J connectivity index is 4.51. The van der Waals surface area contributed by atoms with Gasteiger partial charge in [-0.2, -0.15) is 0 Å². The SMILES string of the molecule is CC/C=C\C/C=C\C/C=C\C/C=C\CCCCC(=O)O[C@H](COC(=O)CCCC/C=C\C/C=C\C/C=C\CCCCC)COC(=O)CCCCCCCCCCCCCCCCC. The molecule has 0 bridgehead atoms. The van der Waals surface area contributed by atoms with E-state index in [1.54, 1.807) is 0 Å². The van der Waals surface area contributed by atoms with Gasteiger partial charge < -0.3 is 14.2 Å². The van der Waals surface area contributed by atoms with Gasteiger partial charge in [0.1, 0.15) is 13.2 Å². The monoisotopic (exact) mass is 877 g/mol. The van der Waals surface area contributed by atoms with E-state index in [-0.39, 0.29) is 37.5 Å². The maximum atomic E-state index is 12.8. The van der Waals surface area contributed by atoms with Crippen molar-refractivity contribution in [3.63, 3.8) is 0 Å². The number of carbonyl (C=O) groups excluding carboxylic acids is 3. The summed E-state index contributed by atoms with van der Waals surface area (Å²) >= 11 is 0. The van der Waals surface area contributed by atoms with Gasteiger partial charge in [-0.1, -0.05) is 209 Å². The van der Waals surface area contributed by atoms with Gasteiger partial charge in [0.2, 0.25) is 0 Å². The highest BCUT2D eigenvalue weighted by Gasteiger charge is 2.19. The summed E-state index contributed by atoms with van der Waals surface area (Å²) in [6, 6.07) is 0. The average Bonchev–Trinajstić information content (AvgIpc) is 3.28. The zero-order chi connectivity index (χ0) is 45.8. The first kappa shape index (κ1) is 59.6. The summed E-state index contributed by atoms with van der Waals surface area (Å²) in [4.78, 5) is 38.0. The minimum Gasteiger partial charge on any atom is -0.462 e. The van der Waals surface area contributed by atoms with Crippen LogP contribution in [-0.2, 0) is 28.6 Å². The first-order chi connectivity index (χ1) is 31.0. The lowest BCUT2D eigenvalue weighted by atomic mass is 10.0. The number of hydrogen-bond acceptors (Lipinski definition) is 6. The molecule has 0 spiro atoms. The first-order valence-corrected chi connectivity index (χ1v) is 26.1. The van der Waals surface area contributed by atoms with E-state index in [2.05, 4.69) is 106 Å². The van der Waals surface area contributed by atoms with Crippen molar-refractivity contribution in [2.75, 3.05) is 13.2 Å². The third-order valence-electron chi connectivity index (χ3n) is 10.9. The Morgan fingerprint density at radius 3 is 1.00 bits per heavy atom. The molecule has 0 saturated heterocycles. The van der Waals surface area contributed by atoms with Crippen LogP contribution in [0.4, 0.5) is 0 Å². The number of esters is 3. The summed E-state index contributed by atoms with van der Waals surface area (Å²) in [5, 5.41) is 0. The number of unbranched alkanes of at least 4 members (excludes halogenated alkanes) is 21. The Labute approximate surface area is 388 Å². The standard InChI is InChI=1S/C57H96O6/c1-4-7-10-13-16-19-22-25-28-31-34-37-40-43-46-49-55(58)61-52-54(63-57(60)51-48-45-42-39-36-33-30-27-24-21-18-15-12-9-6-3)53-62-56(59)50-47-44-41-38-35-32-29-26-23-20-17-14-11-8-5-2/h9,12,16,18-19,21,25,27-28,30,34,36-37,39,54H,4-8,10-11,13-15,17,20,22-24,26,29,31-33,35,38,40-53H2,1-3H3/b12-9-,19-16-,21-18-,28-25-,30-27-,37-34-,39-36-/t54-/m1/s1. The second-order valence-corrected chi connectivity index (χ2v) is 17.1. The topological polar surface area (TPSA) is 78.9 Å². The largest absolute Gasteiger partial charge is 0.462 e. The fourth-order valence-corrected chi connectivity index (χ4v) is 6.97. The molecule has 0 unspecified atom stereocenters. The van der Waals surface area contributed by atoms with Crippen LogP contribution < -0.4 is 0 Å². The van der Waals surface area contributed by atoms with E-state index in [1.807, 2.05) is 0 Å². The minimum atomic E-state index is -0.812. The average molecular weight is 877 g/mol. The quantitative estimate of drug-likeness (QED) is 0.0262. The molecule has 1 atom stereocenters. The molecule has 0 aliphatic carbocycles. The van der Waals surface area contributed by atoms with Crippen LogP contribution >= 0.6 is 0 Å². The van der Waals surface area contributed by atoms with Crippen LogP contribution in [0.25, 0.3) is 0 Å². The minimum absolute atomic E-state index is 0.104. The van der Waals surface area contributed by atoms with Gasteiger partial charge in [0.05, 0.1) is 0 Å². The lowest BCUT2D eigenvalue weighted by Crippen LogP contribution is -2.30. The van der Waals surface area contributed by atoms with Crippen molar-refractivity contribution in [1.82, 2.24) is 0 Å². The van der Waals surface area contributed by atoms with Gasteiger partial charge in [-0.05, 0) is 96.3 Å². The van der Waals surface area contributed by atoms with Crippen LogP contribution in [0.2, 0.25) is 0 Å². The second-order valence-electron chi connectivity index (χ2n) is 17.1. The molecule has 0 radical (unpaired) electrons. The van der Waals surface area contributed by atoms with Gasteiger partial charge in [0.15, 0.2) is 6.10 Å². The van der Waals surface area contributed by atoms with E-state index in [4.69, 9.17) is 14.2 Å². The van der Waals surface area contributed by atoms with Crippen LogP contribution in [0.1, 0.15) is 239 Å². The van der Waals surface area contributed by atoms with Crippen molar-refractivity contribution >= 4 is 17.9 Å². The molecule has 0 aromatic carbocycles. The molecule has 6 nitrogen and oxygen atoms in total. The summed E-state index contributed by atoms with van der Waals surface area (Å²) in [5.74, 6) is -0.985. The van der Waals surface area contributed by atoms with Crippen molar-refractivity contribution in [1.29, 1.82) is 0 Å². The van der Waals surface area contributed by atoms with Crippen LogP contribution in [-0.4, -0.2) is 37.2 Å². The fourth-order valence-electron chi connectivity index (χ4n) is 6.97. The Kier molecular flexibility index (Phi) is 48.5. The molecule has 6 heteroatoms. The summed E-state index contributed by atoms with van der Waals surface area (Å²) in [6.45, 7) is 6.43. The molecule has 0 heterocycles. The Hall–Kier alpha value is -3.41. The first-order valence-electron chi connectivity index (χ1n) is 26.1. The molecular formula is C57H96O6. The maximum absolute atomic E-state index is 12.8. The Morgan fingerprint density at radius 2 is 0.619 bits per heavy atom. The molecule has 0 rings (SSSR count). The van der Waals surface area contributed by atoms with Gasteiger partial charge in [-0.15, -0.1) is 0 Å². The molecule has 0 aromatic rings. The molecule has 0 N–H and O–H groups in total. The zero-order valence-corrected chi connectivity index (χ0v) is 41.1. The number of ether oxygens (including phenoxy) is 3. The Morgan fingerprint density at radius 1 is 0.333 bits per heavy atom. The van der Waals surface area contributed by atoms with Crippen LogP contribution in [0.3, 0.4) is 0 Å².